The first-order chi connectivity index (χ1) is 15.6. The van der Waals surface area contributed by atoms with Crippen molar-refractivity contribution in [2.75, 3.05) is 13.2 Å². The quantitative estimate of drug-likeness (QED) is 0.472. The second-order valence-electron chi connectivity index (χ2n) is 10.1. The molecule has 3 aliphatic rings. The van der Waals surface area contributed by atoms with Crippen molar-refractivity contribution in [1.82, 2.24) is 0 Å². The van der Waals surface area contributed by atoms with Crippen LogP contribution in [0.1, 0.15) is 65.7 Å². The second kappa shape index (κ2) is 8.88. The lowest BCUT2D eigenvalue weighted by Gasteiger charge is -2.46. The fraction of sp³-hybridized carbons (Fsp3) is 0.571. The minimum absolute atomic E-state index is 0.314. The van der Waals surface area contributed by atoms with Crippen LogP contribution in [0.2, 0.25) is 0 Å². The molecular formula is C28H36O4. The summed E-state index contributed by atoms with van der Waals surface area (Å²) in [6.07, 6.45) is 7.60. The zero-order chi connectivity index (χ0) is 22.1. The van der Waals surface area contributed by atoms with Gasteiger partial charge in [-0.05, 0) is 74.6 Å². The van der Waals surface area contributed by atoms with Gasteiger partial charge < -0.3 is 18.9 Å². The summed E-state index contributed by atoms with van der Waals surface area (Å²) < 4.78 is 26.5. The predicted octanol–water partition coefficient (Wildman–Crippen LogP) is 7.24. The molecule has 4 heteroatoms. The summed E-state index contributed by atoms with van der Waals surface area (Å²) in [5.41, 5.74) is 1.94. The molecule has 1 aliphatic carbocycles. The number of hydrogen-bond acceptors (Lipinski definition) is 4. The van der Waals surface area contributed by atoms with Crippen molar-refractivity contribution in [3.63, 3.8) is 0 Å². The van der Waals surface area contributed by atoms with Gasteiger partial charge in [0.25, 0.3) is 5.79 Å². The maximum absolute atomic E-state index is 6.95. The molecule has 0 aromatic heterocycles. The fourth-order valence-corrected chi connectivity index (χ4v) is 5.74. The highest BCUT2D eigenvalue weighted by atomic mass is 16.7. The van der Waals surface area contributed by atoms with E-state index in [0.29, 0.717) is 31.0 Å². The minimum atomic E-state index is -0.683. The average molecular weight is 437 g/mol. The van der Waals surface area contributed by atoms with Crippen molar-refractivity contribution in [3.8, 4) is 34.1 Å². The first-order valence-corrected chi connectivity index (χ1v) is 12.5. The third-order valence-electron chi connectivity index (χ3n) is 7.32. The molecule has 2 aliphatic heterocycles. The van der Waals surface area contributed by atoms with Crippen molar-refractivity contribution >= 4 is 0 Å². The zero-order valence-electron chi connectivity index (χ0n) is 19.7. The van der Waals surface area contributed by atoms with E-state index in [2.05, 4.69) is 45.0 Å². The summed E-state index contributed by atoms with van der Waals surface area (Å²) in [4.78, 5) is 0. The smallest absolute Gasteiger partial charge is 0.254 e. The monoisotopic (exact) mass is 436 g/mol. The van der Waals surface area contributed by atoms with Gasteiger partial charge in [0.15, 0.2) is 0 Å². The molecule has 4 nitrogen and oxygen atoms in total. The molecule has 5 rings (SSSR count). The Morgan fingerprint density at radius 2 is 1.28 bits per heavy atom. The first-order valence-electron chi connectivity index (χ1n) is 12.5. The van der Waals surface area contributed by atoms with Crippen LogP contribution in [-0.2, 0) is 0 Å². The van der Waals surface area contributed by atoms with Gasteiger partial charge in [-0.15, -0.1) is 0 Å². The van der Waals surface area contributed by atoms with E-state index >= 15 is 0 Å². The van der Waals surface area contributed by atoms with E-state index in [4.69, 9.17) is 18.9 Å². The van der Waals surface area contributed by atoms with Gasteiger partial charge in [0.05, 0.1) is 24.3 Å². The van der Waals surface area contributed by atoms with Crippen LogP contribution in [0.4, 0.5) is 0 Å². The largest absolute Gasteiger partial charge is 0.493 e. The van der Waals surface area contributed by atoms with Crippen LogP contribution in [-0.4, -0.2) is 19.0 Å². The van der Waals surface area contributed by atoms with Crippen LogP contribution in [0.3, 0.4) is 0 Å². The lowest BCUT2D eigenvalue weighted by molar-refractivity contribution is -0.194. The molecule has 2 aromatic rings. The van der Waals surface area contributed by atoms with Gasteiger partial charge in [-0.3, -0.25) is 0 Å². The molecule has 172 valence electrons. The van der Waals surface area contributed by atoms with E-state index < -0.39 is 5.79 Å². The summed E-state index contributed by atoms with van der Waals surface area (Å²) in [7, 11) is 0. The lowest BCUT2D eigenvalue weighted by atomic mass is 9.72. The molecule has 2 aromatic carbocycles. The third-order valence-corrected chi connectivity index (χ3v) is 7.32. The van der Waals surface area contributed by atoms with Crippen molar-refractivity contribution < 1.29 is 18.9 Å². The van der Waals surface area contributed by atoms with Gasteiger partial charge in [0.1, 0.15) is 23.0 Å². The van der Waals surface area contributed by atoms with E-state index in [1.165, 1.54) is 6.42 Å². The molecule has 0 saturated heterocycles. The summed E-state index contributed by atoms with van der Waals surface area (Å²) in [5.74, 6) is 4.02. The van der Waals surface area contributed by atoms with Gasteiger partial charge in [0, 0.05) is 12.3 Å². The Balaban J connectivity index is 1.71. The van der Waals surface area contributed by atoms with Crippen LogP contribution >= 0.6 is 0 Å². The molecule has 32 heavy (non-hydrogen) atoms. The Labute approximate surface area is 192 Å². The topological polar surface area (TPSA) is 36.9 Å². The number of hydrogen-bond donors (Lipinski definition) is 0. The second-order valence-corrected chi connectivity index (χ2v) is 10.1. The third kappa shape index (κ3) is 3.93. The molecule has 2 atom stereocenters. The normalized spacial score (nSPS) is 24.5. The van der Waals surface area contributed by atoms with Crippen LogP contribution in [0.5, 0.6) is 23.0 Å². The van der Waals surface area contributed by atoms with Crippen LogP contribution < -0.4 is 18.9 Å². The Bertz CT molecular complexity index is 889. The van der Waals surface area contributed by atoms with E-state index in [0.717, 1.165) is 72.6 Å². The van der Waals surface area contributed by atoms with Crippen LogP contribution in [0, 0.1) is 17.8 Å². The van der Waals surface area contributed by atoms with Crippen LogP contribution in [0.15, 0.2) is 36.4 Å². The lowest BCUT2D eigenvalue weighted by Crippen LogP contribution is -2.54. The molecule has 2 heterocycles. The SMILES string of the molecule is CC(C)[C@@H]1CC[C@@H](C)CC12Oc1cccc3c1-c1c(cccc1O2)OCCCCCCO3. The van der Waals surface area contributed by atoms with Crippen molar-refractivity contribution in [3.05, 3.63) is 36.4 Å². The number of rotatable bonds is 1. The van der Waals surface area contributed by atoms with Crippen molar-refractivity contribution in [1.29, 1.82) is 0 Å². The minimum Gasteiger partial charge on any atom is -0.493 e. The molecular weight excluding hydrogens is 400 g/mol. The summed E-state index contributed by atoms with van der Waals surface area (Å²) in [6, 6.07) is 12.3. The maximum Gasteiger partial charge on any atom is 0.254 e. The summed E-state index contributed by atoms with van der Waals surface area (Å²) in [6.45, 7) is 8.32. The molecule has 0 radical (unpaired) electrons. The summed E-state index contributed by atoms with van der Waals surface area (Å²) >= 11 is 0. The van der Waals surface area contributed by atoms with Gasteiger partial charge >= 0.3 is 0 Å². The van der Waals surface area contributed by atoms with Gasteiger partial charge in [-0.25, -0.2) is 0 Å². The van der Waals surface area contributed by atoms with E-state index in [1.54, 1.807) is 0 Å². The first kappa shape index (κ1) is 21.5. The van der Waals surface area contributed by atoms with Gasteiger partial charge in [-0.2, -0.15) is 0 Å². The van der Waals surface area contributed by atoms with Crippen molar-refractivity contribution in [2.45, 2.75) is 71.5 Å². The number of ether oxygens (including phenoxy) is 4. The summed E-state index contributed by atoms with van der Waals surface area (Å²) in [5, 5.41) is 0. The number of benzene rings is 2. The van der Waals surface area contributed by atoms with Crippen molar-refractivity contribution in [2.24, 2.45) is 17.8 Å². The Morgan fingerprint density at radius 1 is 0.750 bits per heavy atom. The highest BCUT2D eigenvalue weighted by molar-refractivity contribution is 5.86. The Kier molecular flexibility index (Phi) is 5.96. The molecule has 0 amide bonds. The van der Waals surface area contributed by atoms with E-state index in [9.17, 15) is 0 Å². The molecule has 1 saturated carbocycles. The average Bonchev–Trinajstić information content (AvgIpc) is 2.88. The molecule has 0 N–H and O–H groups in total. The molecule has 1 spiro atoms. The highest BCUT2D eigenvalue weighted by Crippen LogP contribution is 2.55. The van der Waals surface area contributed by atoms with E-state index in [-0.39, 0.29) is 0 Å². The Morgan fingerprint density at radius 3 is 1.81 bits per heavy atom. The van der Waals surface area contributed by atoms with Crippen LogP contribution in [0.25, 0.3) is 11.1 Å². The zero-order valence-corrected chi connectivity index (χ0v) is 19.7. The molecule has 1 fully saturated rings. The Hall–Kier alpha value is -2.36. The van der Waals surface area contributed by atoms with Gasteiger partial charge in [0.2, 0.25) is 0 Å². The standard InChI is InChI=1S/C28H36O4/c1-19(2)21-15-14-20(3)18-28(21)31-24-12-8-10-22-26(24)27-23(11-9-13-25(27)32-28)30-17-7-5-4-6-16-29-22/h8-13,19-21H,4-7,14-18H2,1-3H3/t20-,21+/m1/s1. The molecule has 0 unspecified atom stereocenters. The highest BCUT2D eigenvalue weighted by Gasteiger charge is 2.51. The van der Waals surface area contributed by atoms with Gasteiger partial charge in [-0.1, -0.05) is 32.9 Å². The maximum atomic E-state index is 6.95. The van der Waals surface area contributed by atoms with E-state index in [1.807, 2.05) is 12.1 Å². The fourth-order valence-electron chi connectivity index (χ4n) is 5.74. The molecule has 0 bridgehead atoms. The predicted molar refractivity (Wildman–Crippen MR) is 127 cm³/mol.